The average molecular weight is 367 g/mol. The van der Waals surface area contributed by atoms with Crippen molar-refractivity contribution >= 4 is 40.3 Å². The van der Waals surface area contributed by atoms with E-state index in [1.54, 1.807) is 11.1 Å². The fraction of sp³-hybridized carbons (Fsp3) is 0.316. The highest BCUT2D eigenvalue weighted by Crippen LogP contribution is 2.36. The normalized spacial score (nSPS) is 17.9. The molecule has 4 rings (SSSR count). The standard InChI is InChI=1S/C19H21N5OS/c1-22-9-11-23(12-10-22)13-17(25)24-16-7-3-2-5-14(16)19(26)21-15-6-4-8-20-18(15)24/h2-8H,9-13H2,1H3,(H,21,26). The highest BCUT2D eigenvalue weighted by atomic mass is 32.1. The van der Waals surface area contributed by atoms with E-state index in [0.29, 0.717) is 17.4 Å². The summed E-state index contributed by atoms with van der Waals surface area (Å²) in [7, 11) is 2.11. The molecule has 0 bridgehead atoms. The summed E-state index contributed by atoms with van der Waals surface area (Å²) in [6.07, 6.45) is 1.70. The molecule has 0 radical (unpaired) electrons. The Labute approximate surface area is 158 Å². The summed E-state index contributed by atoms with van der Waals surface area (Å²) < 4.78 is 0. The van der Waals surface area contributed by atoms with E-state index in [1.165, 1.54) is 0 Å². The van der Waals surface area contributed by atoms with E-state index in [4.69, 9.17) is 12.2 Å². The van der Waals surface area contributed by atoms with Gasteiger partial charge in [-0.1, -0.05) is 24.4 Å². The van der Waals surface area contributed by atoms with Gasteiger partial charge in [-0.3, -0.25) is 14.6 Å². The minimum atomic E-state index is 0.00783. The molecule has 1 aromatic heterocycles. The molecule has 0 saturated carbocycles. The summed E-state index contributed by atoms with van der Waals surface area (Å²) in [5, 5.41) is 3.23. The van der Waals surface area contributed by atoms with Gasteiger partial charge in [-0.05, 0) is 31.3 Å². The largest absolute Gasteiger partial charge is 0.343 e. The number of thiocarbonyl (C=S) groups is 1. The minimum absolute atomic E-state index is 0.00783. The molecule has 1 aromatic carbocycles. The molecule has 2 aromatic rings. The SMILES string of the molecule is CN1CCN(CC(=O)N2c3ccccc3C(=S)Nc3cccnc32)CC1. The monoisotopic (exact) mass is 367 g/mol. The van der Waals surface area contributed by atoms with Crippen LogP contribution in [0.2, 0.25) is 0 Å². The number of anilines is 3. The number of nitrogens with zero attached hydrogens (tertiary/aromatic N) is 4. The minimum Gasteiger partial charge on any atom is -0.343 e. The summed E-state index contributed by atoms with van der Waals surface area (Å²) in [6.45, 7) is 4.10. The molecule has 2 aliphatic rings. The lowest BCUT2D eigenvalue weighted by molar-refractivity contribution is -0.119. The van der Waals surface area contributed by atoms with Crippen LogP contribution in [-0.2, 0) is 4.79 Å². The van der Waals surface area contributed by atoms with Crippen LogP contribution >= 0.6 is 12.2 Å². The van der Waals surface area contributed by atoms with Gasteiger partial charge >= 0.3 is 0 Å². The van der Waals surface area contributed by atoms with Crippen molar-refractivity contribution in [1.82, 2.24) is 14.8 Å². The molecule has 2 aliphatic heterocycles. The molecule has 1 amide bonds. The van der Waals surface area contributed by atoms with Crippen LogP contribution in [0, 0.1) is 0 Å². The Kier molecular flexibility index (Phi) is 4.67. The maximum Gasteiger partial charge on any atom is 0.246 e. The molecule has 0 unspecified atom stereocenters. The third-order valence-corrected chi connectivity index (χ3v) is 5.16. The molecule has 134 valence electrons. The summed E-state index contributed by atoms with van der Waals surface area (Å²) in [5.41, 5.74) is 2.37. The van der Waals surface area contributed by atoms with Crippen LogP contribution in [0.4, 0.5) is 17.2 Å². The Morgan fingerprint density at radius 1 is 1.15 bits per heavy atom. The summed E-state index contributed by atoms with van der Waals surface area (Å²) in [6, 6.07) is 11.5. The van der Waals surface area contributed by atoms with Crippen LogP contribution < -0.4 is 10.2 Å². The van der Waals surface area contributed by atoms with E-state index in [0.717, 1.165) is 43.1 Å². The molecule has 3 heterocycles. The number of hydrogen-bond acceptors (Lipinski definition) is 5. The van der Waals surface area contributed by atoms with Crippen LogP contribution in [0.25, 0.3) is 0 Å². The lowest BCUT2D eigenvalue weighted by Crippen LogP contribution is -2.48. The molecule has 1 N–H and O–H groups in total. The van der Waals surface area contributed by atoms with Gasteiger partial charge in [-0.25, -0.2) is 4.98 Å². The number of hydrogen-bond donors (Lipinski definition) is 1. The predicted molar refractivity (Wildman–Crippen MR) is 107 cm³/mol. The number of likely N-dealkylation sites (N-methyl/N-ethyl adjacent to an activating group) is 1. The molecule has 1 saturated heterocycles. The molecule has 6 nitrogen and oxygen atoms in total. The van der Waals surface area contributed by atoms with Crippen molar-refractivity contribution < 1.29 is 4.79 Å². The van der Waals surface area contributed by atoms with E-state index >= 15 is 0 Å². The van der Waals surface area contributed by atoms with Crippen LogP contribution in [-0.4, -0.2) is 65.5 Å². The van der Waals surface area contributed by atoms with Crippen LogP contribution in [0.5, 0.6) is 0 Å². The number of benzene rings is 1. The number of carbonyl (C=O) groups excluding carboxylic acids is 1. The summed E-state index contributed by atoms with van der Waals surface area (Å²) >= 11 is 5.54. The first kappa shape index (κ1) is 17.1. The van der Waals surface area contributed by atoms with E-state index in [1.807, 2.05) is 36.4 Å². The zero-order valence-electron chi connectivity index (χ0n) is 14.7. The highest BCUT2D eigenvalue weighted by Gasteiger charge is 2.30. The van der Waals surface area contributed by atoms with Crippen LogP contribution in [0.15, 0.2) is 42.6 Å². The number of carbonyl (C=O) groups is 1. The Hall–Kier alpha value is -2.35. The zero-order chi connectivity index (χ0) is 18.1. The quantitative estimate of drug-likeness (QED) is 0.821. The third-order valence-electron chi connectivity index (χ3n) is 4.84. The van der Waals surface area contributed by atoms with Gasteiger partial charge in [0.25, 0.3) is 0 Å². The molecule has 0 atom stereocenters. The summed E-state index contributed by atoms with van der Waals surface area (Å²) in [4.78, 5) is 24.6. The van der Waals surface area contributed by atoms with Crippen molar-refractivity contribution in [2.24, 2.45) is 0 Å². The van der Waals surface area contributed by atoms with Crippen LogP contribution in [0.1, 0.15) is 5.56 Å². The van der Waals surface area contributed by atoms with Gasteiger partial charge in [0.1, 0.15) is 4.99 Å². The number of amides is 1. The fourth-order valence-corrected chi connectivity index (χ4v) is 3.64. The van der Waals surface area contributed by atoms with Crippen molar-refractivity contribution in [3.8, 4) is 0 Å². The number of pyridine rings is 1. The van der Waals surface area contributed by atoms with Crippen LogP contribution in [0.3, 0.4) is 0 Å². The van der Waals surface area contributed by atoms with Gasteiger partial charge in [0.15, 0.2) is 5.82 Å². The predicted octanol–water partition coefficient (Wildman–Crippen LogP) is 2.09. The highest BCUT2D eigenvalue weighted by molar-refractivity contribution is 7.81. The first-order valence-corrected chi connectivity index (χ1v) is 9.13. The van der Waals surface area contributed by atoms with Gasteiger partial charge in [-0.15, -0.1) is 0 Å². The Bertz CT molecular complexity index is 847. The first-order valence-electron chi connectivity index (χ1n) is 8.73. The maximum atomic E-state index is 13.3. The number of piperazine rings is 1. The third kappa shape index (κ3) is 3.21. The van der Waals surface area contributed by atoms with Crippen molar-refractivity contribution in [2.45, 2.75) is 0 Å². The Morgan fingerprint density at radius 3 is 2.73 bits per heavy atom. The van der Waals surface area contributed by atoms with E-state index in [-0.39, 0.29) is 5.91 Å². The maximum absolute atomic E-state index is 13.3. The number of para-hydroxylation sites is 1. The van der Waals surface area contributed by atoms with Crippen molar-refractivity contribution in [3.63, 3.8) is 0 Å². The molecule has 7 heteroatoms. The van der Waals surface area contributed by atoms with Gasteiger partial charge in [0.05, 0.1) is 17.9 Å². The lowest BCUT2D eigenvalue weighted by atomic mass is 10.1. The van der Waals surface area contributed by atoms with Crippen molar-refractivity contribution in [2.75, 3.05) is 50.0 Å². The lowest BCUT2D eigenvalue weighted by Gasteiger charge is -2.33. The molecule has 1 fully saturated rings. The molecule has 26 heavy (non-hydrogen) atoms. The number of rotatable bonds is 2. The summed E-state index contributed by atoms with van der Waals surface area (Å²) in [5.74, 6) is 0.604. The van der Waals surface area contributed by atoms with E-state index in [9.17, 15) is 4.79 Å². The van der Waals surface area contributed by atoms with E-state index in [2.05, 4.69) is 27.1 Å². The van der Waals surface area contributed by atoms with Gasteiger partial charge < -0.3 is 10.2 Å². The molecular formula is C19H21N5OS. The average Bonchev–Trinajstić information content (AvgIpc) is 2.77. The second-order valence-corrected chi connectivity index (χ2v) is 7.06. The van der Waals surface area contributed by atoms with Crippen molar-refractivity contribution in [1.29, 1.82) is 0 Å². The fourth-order valence-electron chi connectivity index (χ4n) is 3.36. The Balaban J connectivity index is 1.71. The van der Waals surface area contributed by atoms with Crippen molar-refractivity contribution in [3.05, 3.63) is 48.2 Å². The van der Waals surface area contributed by atoms with E-state index < -0.39 is 0 Å². The number of nitrogens with one attached hydrogen (secondary N) is 1. The van der Waals surface area contributed by atoms with Gasteiger partial charge in [0.2, 0.25) is 5.91 Å². The molecule has 0 aliphatic carbocycles. The first-order chi connectivity index (χ1) is 12.6. The smallest absolute Gasteiger partial charge is 0.246 e. The molecular weight excluding hydrogens is 346 g/mol. The topological polar surface area (TPSA) is 51.7 Å². The molecule has 0 spiro atoms. The van der Waals surface area contributed by atoms with Gasteiger partial charge in [0, 0.05) is 37.9 Å². The van der Waals surface area contributed by atoms with Gasteiger partial charge in [-0.2, -0.15) is 0 Å². The second kappa shape index (κ2) is 7.11. The zero-order valence-corrected chi connectivity index (χ0v) is 15.5. The number of aromatic nitrogens is 1. The number of fused-ring (bicyclic) bond motifs is 2. The Morgan fingerprint density at radius 2 is 1.92 bits per heavy atom. The second-order valence-electron chi connectivity index (χ2n) is 6.65.